The lowest BCUT2D eigenvalue weighted by Crippen LogP contribution is -2.31. The number of hydrogen-bond donors (Lipinski definition) is 2. The second-order valence-corrected chi connectivity index (χ2v) is 5.62. The molecule has 4 heteroatoms. The summed E-state index contributed by atoms with van der Waals surface area (Å²) in [6.45, 7) is 6.07. The van der Waals surface area contributed by atoms with E-state index in [4.69, 9.17) is 11.6 Å². The monoisotopic (exact) mass is 302 g/mol. The molecular weight excluding hydrogens is 284 g/mol. The van der Waals surface area contributed by atoms with Crippen molar-refractivity contribution in [3.8, 4) is 0 Å². The summed E-state index contributed by atoms with van der Waals surface area (Å²) < 4.78 is 0. The van der Waals surface area contributed by atoms with Crippen molar-refractivity contribution in [3.05, 3.63) is 64.2 Å². The first-order valence-electron chi connectivity index (χ1n) is 6.86. The maximum absolute atomic E-state index is 12.0. The predicted molar refractivity (Wildman–Crippen MR) is 87.9 cm³/mol. The minimum absolute atomic E-state index is 0.0581. The van der Waals surface area contributed by atoms with Crippen LogP contribution in [0.1, 0.15) is 29.7 Å². The van der Waals surface area contributed by atoms with E-state index in [0.29, 0.717) is 10.7 Å². The summed E-state index contributed by atoms with van der Waals surface area (Å²) in [6, 6.07) is 13.0. The zero-order valence-corrected chi connectivity index (χ0v) is 13.2. The van der Waals surface area contributed by atoms with E-state index in [0.717, 1.165) is 5.56 Å². The number of nitrogens with one attached hydrogen (secondary N) is 2. The number of anilines is 1. The summed E-state index contributed by atoms with van der Waals surface area (Å²) >= 11 is 5.82. The van der Waals surface area contributed by atoms with Crippen molar-refractivity contribution in [3.63, 3.8) is 0 Å². The first-order valence-corrected chi connectivity index (χ1v) is 7.24. The molecule has 0 aliphatic carbocycles. The highest BCUT2D eigenvalue weighted by atomic mass is 35.5. The van der Waals surface area contributed by atoms with Gasteiger partial charge in [0.25, 0.3) is 0 Å². The van der Waals surface area contributed by atoms with E-state index in [2.05, 4.69) is 28.8 Å². The van der Waals surface area contributed by atoms with Crippen LogP contribution < -0.4 is 10.6 Å². The van der Waals surface area contributed by atoms with Crippen molar-refractivity contribution in [2.45, 2.75) is 26.8 Å². The molecule has 0 saturated heterocycles. The van der Waals surface area contributed by atoms with E-state index < -0.39 is 0 Å². The fraction of sp³-hybridized carbons (Fsp3) is 0.235. The number of benzene rings is 2. The maximum atomic E-state index is 12.0. The molecule has 2 aromatic carbocycles. The molecule has 3 nitrogen and oxygen atoms in total. The van der Waals surface area contributed by atoms with Gasteiger partial charge in [-0.1, -0.05) is 35.4 Å². The number of rotatable bonds is 3. The molecule has 2 amide bonds. The van der Waals surface area contributed by atoms with Gasteiger partial charge in [0, 0.05) is 10.7 Å². The number of carbonyl (C=O) groups excluding carboxylic acids is 1. The molecule has 110 valence electrons. The molecular formula is C17H19ClN2O. The molecule has 0 radical (unpaired) electrons. The number of aryl methyl sites for hydroxylation is 2. The summed E-state index contributed by atoms with van der Waals surface area (Å²) in [6.07, 6.45) is 0. The Bertz CT molecular complexity index is 638. The third kappa shape index (κ3) is 4.23. The predicted octanol–water partition coefficient (Wildman–Crippen LogP) is 4.84. The van der Waals surface area contributed by atoms with Crippen LogP contribution in [0.3, 0.4) is 0 Å². The topological polar surface area (TPSA) is 41.1 Å². The SMILES string of the molecule is Cc1ccc(C)c([C@H](C)NC(=O)Nc2ccc(Cl)cc2)c1. The lowest BCUT2D eigenvalue weighted by atomic mass is 10.0. The Morgan fingerprint density at radius 2 is 1.76 bits per heavy atom. The average molecular weight is 303 g/mol. The van der Waals surface area contributed by atoms with Gasteiger partial charge in [-0.3, -0.25) is 0 Å². The van der Waals surface area contributed by atoms with Crippen molar-refractivity contribution in [2.75, 3.05) is 5.32 Å². The third-order valence-corrected chi connectivity index (χ3v) is 3.60. The van der Waals surface area contributed by atoms with Gasteiger partial charge in [0.2, 0.25) is 0 Å². The molecule has 21 heavy (non-hydrogen) atoms. The molecule has 2 aromatic rings. The molecule has 0 spiro atoms. The lowest BCUT2D eigenvalue weighted by Gasteiger charge is -2.18. The van der Waals surface area contributed by atoms with Crippen LogP contribution in [-0.2, 0) is 0 Å². The van der Waals surface area contributed by atoms with E-state index in [1.165, 1.54) is 11.1 Å². The molecule has 0 unspecified atom stereocenters. The largest absolute Gasteiger partial charge is 0.331 e. The standard InChI is InChI=1S/C17H19ClN2O/c1-11-4-5-12(2)16(10-11)13(3)19-17(21)20-15-8-6-14(18)7-9-15/h4-10,13H,1-3H3,(H2,19,20,21)/t13-/m0/s1. The van der Waals surface area contributed by atoms with Crippen LogP contribution >= 0.6 is 11.6 Å². The highest BCUT2D eigenvalue weighted by Gasteiger charge is 2.12. The van der Waals surface area contributed by atoms with Crippen molar-refractivity contribution < 1.29 is 4.79 Å². The van der Waals surface area contributed by atoms with Gasteiger partial charge in [0.05, 0.1) is 6.04 Å². The average Bonchev–Trinajstić information content (AvgIpc) is 2.44. The summed E-state index contributed by atoms with van der Waals surface area (Å²) in [5.41, 5.74) is 4.19. The van der Waals surface area contributed by atoms with Crippen molar-refractivity contribution in [2.24, 2.45) is 0 Å². The first-order chi connectivity index (χ1) is 9.95. The molecule has 2 N–H and O–H groups in total. The molecule has 0 saturated carbocycles. The van der Waals surface area contributed by atoms with E-state index in [9.17, 15) is 4.79 Å². The van der Waals surface area contributed by atoms with Crippen molar-refractivity contribution in [1.29, 1.82) is 0 Å². The number of amides is 2. The molecule has 2 rings (SSSR count). The molecule has 0 aromatic heterocycles. The molecule has 0 heterocycles. The van der Waals surface area contributed by atoms with Gasteiger partial charge in [-0.2, -0.15) is 0 Å². The quantitative estimate of drug-likeness (QED) is 0.837. The Labute approximate surface area is 130 Å². The maximum Gasteiger partial charge on any atom is 0.319 e. The van der Waals surface area contributed by atoms with Crippen LogP contribution in [-0.4, -0.2) is 6.03 Å². The van der Waals surface area contributed by atoms with Gasteiger partial charge in [0.1, 0.15) is 0 Å². The molecule has 0 aliphatic rings. The summed E-state index contributed by atoms with van der Waals surface area (Å²) in [5, 5.41) is 6.38. The normalized spacial score (nSPS) is 11.8. The van der Waals surface area contributed by atoms with Gasteiger partial charge >= 0.3 is 6.03 Å². The number of carbonyl (C=O) groups is 1. The Kier molecular flexibility index (Phi) is 4.86. The zero-order chi connectivity index (χ0) is 15.4. The second-order valence-electron chi connectivity index (χ2n) is 5.19. The number of halogens is 1. The molecule has 0 fully saturated rings. The fourth-order valence-electron chi connectivity index (χ4n) is 2.20. The highest BCUT2D eigenvalue weighted by molar-refractivity contribution is 6.30. The smallest absolute Gasteiger partial charge is 0.319 e. The minimum atomic E-state index is -0.231. The molecule has 0 bridgehead atoms. The zero-order valence-electron chi connectivity index (χ0n) is 12.4. The van der Waals surface area contributed by atoms with Gasteiger partial charge in [-0.25, -0.2) is 4.79 Å². The summed E-state index contributed by atoms with van der Waals surface area (Å²) in [4.78, 5) is 12.0. The second kappa shape index (κ2) is 6.64. The molecule has 1 atom stereocenters. The van der Waals surface area contributed by atoms with Crippen LogP contribution in [0.15, 0.2) is 42.5 Å². The van der Waals surface area contributed by atoms with E-state index in [-0.39, 0.29) is 12.1 Å². The van der Waals surface area contributed by atoms with Crippen LogP contribution in [0.2, 0.25) is 5.02 Å². The Morgan fingerprint density at radius 1 is 1.10 bits per heavy atom. The van der Waals surface area contributed by atoms with Gasteiger partial charge < -0.3 is 10.6 Å². The van der Waals surface area contributed by atoms with E-state index >= 15 is 0 Å². The van der Waals surface area contributed by atoms with Crippen LogP contribution in [0.4, 0.5) is 10.5 Å². The first kappa shape index (κ1) is 15.4. The third-order valence-electron chi connectivity index (χ3n) is 3.35. The van der Waals surface area contributed by atoms with Crippen LogP contribution in [0.25, 0.3) is 0 Å². The van der Waals surface area contributed by atoms with Crippen molar-refractivity contribution >= 4 is 23.3 Å². The Morgan fingerprint density at radius 3 is 2.43 bits per heavy atom. The summed E-state index contributed by atoms with van der Waals surface area (Å²) in [5.74, 6) is 0. The lowest BCUT2D eigenvalue weighted by molar-refractivity contribution is 0.249. The Hall–Kier alpha value is -2.00. The Balaban J connectivity index is 2.01. The van der Waals surface area contributed by atoms with Crippen LogP contribution in [0, 0.1) is 13.8 Å². The van der Waals surface area contributed by atoms with Crippen LogP contribution in [0.5, 0.6) is 0 Å². The van der Waals surface area contributed by atoms with E-state index in [1.54, 1.807) is 24.3 Å². The van der Waals surface area contributed by atoms with E-state index in [1.807, 2.05) is 20.8 Å². The number of hydrogen-bond acceptors (Lipinski definition) is 1. The minimum Gasteiger partial charge on any atom is -0.331 e. The van der Waals surface area contributed by atoms with Gasteiger partial charge in [-0.15, -0.1) is 0 Å². The van der Waals surface area contributed by atoms with Crippen molar-refractivity contribution in [1.82, 2.24) is 5.32 Å². The fourth-order valence-corrected chi connectivity index (χ4v) is 2.33. The summed E-state index contributed by atoms with van der Waals surface area (Å²) in [7, 11) is 0. The number of urea groups is 1. The highest BCUT2D eigenvalue weighted by Crippen LogP contribution is 2.19. The van der Waals surface area contributed by atoms with Gasteiger partial charge in [0.15, 0.2) is 0 Å². The molecule has 0 aliphatic heterocycles. The van der Waals surface area contributed by atoms with Gasteiger partial charge in [-0.05, 0) is 56.2 Å².